The zero-order valence-corrected chi connectivity index (χ0v) is 13.7. The first-order valence-electron chi connectivity index (χ1n) is 7.58. The van der Waals surface area contributed by atoms with Crippen LogP contribution in [0, 0.1) is 0 Å². The van der Waals surface area contributed by atoms with Crippen molar-refractivity contribution in [2.45, 2.75) is 6.18 Å². The molecular formula is C16H14F3N5O3. The van der Waals surface area contributed by atoms with E-state index in [4.69, 9.17) is 0 Å². The minimum Gasteiger partial charge on any atom is -0.350 e. The molecule has 11 heteroatoms. The fourth-order valence-corrected chi connectivity index (χ4v) is 1.86. The molecule has 27 heavy (non-hydrogen) atoms. The van der Waals surface area contributed by atoms with E-state index in [1.54, 1.807) is 0 Å². The predicted octanol–water partition coefficient (Wildman–Crippen LogP) is 0.980. The summed E-state index contributed by atoms with van der Waals surface area (Å²) in [5.41, 5.74) is -0.784. The minimum atomic E-state index is -4.60. The number of rotatable bonds is 5. The Bertz CT molecular complexity index is 810. The number of carbonyl (C=O) groups excluding carboxylic acids is 3. The molecule has 2 aromatic rings. The van der Waals surface area contributed by atoms with Crippen LogP contribution in [0.5, 0.6) is 0 Å². The molecule has 0 unspecified atom stereocenters. The number of halogens is 3. The van der Waals surface area contributed by atoms with Crippen LogP contribution in [0.2, 0.25) is 0 Å². The highest BCUT2D eigenvalue weighted by Gasteiger charge is 2.32. The molecule has 0 aromatic carbocycles. The Balaban J connectivity index is 1.74. The van der Waals surface area contributed by atoms with E-state index >= 15 is 0 Å². The van der Waals surface area contributed by atoms with Crippen molar-refractivity contribution in [1.29, 1.82) is 0 Å². The maximum absolute atomic E-state index is 12.4. The molecule has 3 N–H and O–H groups in total. The summed E-state index contributed by atoms with van der Waals surface area (Å²) in [5, 5.41) is 6.92. The number of nitrogens with zero attached hydrogens (tertiary/aromatic N) is 2. The normalized spacial score (nSPS) is 10.8. The van der Waals surface area contributed by atoms with E-state index in [9.17, 15) is 27.6 Å². The van der Waals surface area contributed by atoms with Crippen molar-refractivity contribution in [3.8, 4) is 0 Å². The van der Waals surface area contributed by atoms with Gasteiger partial charge in [0.25, 0.3) is 5.91 Å². The number of anilines is 1. The first-order valence-corrected chi connectivity index (χ1v) is 7.58. The van der Waals surface area contributed by atoms with Gasteiger partial charge in [0.1, 0.15) is 5.69 Å². The van der Waals surface area contributed by atoms with Crippen molar-refractivity contribution >= 4 is 23.4 Å². The maximum Gasteiger partial charge on any atom is 0.433 e. The molecule has 3 amide bonds. The Morgan fingerprint density at radius 3 is 2.19 bits per heavy atom. The van der Waals surface area contributed by atoms with E-state index in [1.807, 2.05) is 0 Å². The predicted molar refractivity (Wildman–Crippen MR) is 87.4 cm³/mol. The molecule has 0 saturated heterocycles. The van der Waals surface area contributed by atoms with E-state index in [0.717, 1.165) is 12.3 Å². The summed E-state index contributed by atoms with van der Waals surface area (Å²) in [4.78, 5) is 42.0. The molecular weight excluding hydrogens is 367 g/mol. The number of carbonyl (C=O) groups is 3. The lowest BCUT2D eigenvalue weighted by atomic mass is 10.2. The number of hydrogen-bond acceptors (Lipinski definition) is 5. The van der Waals surface area contributed by atoms with Crippen LogP contribution in [-0.4, -0.2) is 40.8 Å². The molecule has 0 bridgehead atoms. The number of nitrogens with one attached hydrogen (secondary N) is 3. The molecule has 2 heterocycles. The molecule has 0 spiro atoms. The van der Waals surface area contributed by atoms with Gasteiger partial charge in [-0.1, -0.05) is 0 Å². The van der Waals surface area contributed by atoms with Crippen molar-refractivity contribution < 1.29 is 27.6 Å². The van der Waals surface area contributed by atoms with Gasteiger partial charge >= 0.3 is 18.0 Å². The van der Waals surface area contributed by atoms with Crippen molar-refractivity contribution in [3.63, 3.8) is 0 Å². The molecule has 0 aliphatic heterocycles. The second kappa shape index (κ2) is 8.74. The summed E-state index contributed by atoms with van der Waals surface area (Å²) in [6.07, 6.45) is -0.891. The summed E-state index contributed by atoms with van der Waals surface area (Å²) < 4.78 is 37.2. The highest BCUT2D eigenvalue weighted by molar-refractivity contribution is 6.39. The zero-order chi connectivity index (χ0) is 19.9. The number of amides is 3. The molecule has 0 aliphatic rings. The number of aromatic nitrogens is 2. The Kier molecular flexibility index (Phi) is 6.41. The van der Waals surface area contributed by atoms with Gasteiger partial charge in [-0.3, -0.25) is 19.4 Å². The lowest BCUT2D eigenvalue weighted by molar-refractivity contribution is -0.141. The van der Waals surface area contributed by atoms with Gasteiger partial charge in [-0.15, -0.1) is 0 Å². The standard InChI is InChI=1S/C16H14F3N5O3/c17-16(18,19)12-2-1-11(9-23-12)24-15(27)14(26)22-8-7-21-13(25)10-3-5-20-6-4-10/h1-6,9H,7-8H2,(H,21,25)(H,22,26)(H,24,27). The monoisotopic (exact) mass is 381 g/mol. The van der Waals surface area contributed by atoms with Gasteiger partial charge in [-0.25, -0.2) is 4.98 Å². The lowest BCUT2D eigenvalue weighted by Gasteiger charge is -2.09. The van der Waals surface area contributed by atoms with Gasteiger partial charge in [0.15, 0.2) is 0 Å². The van der Waals surface area contributed by atoms with E-state index in [2.05, 4.69) is 25.9 Å². The molecule has 0 radical (unpaired) electrons. The summed E-state index contributed by atoms with van der Waals surface area (Å²) >= 11 is 0. The molecule has 0 saturated carbocycles. The number of alkyl halides is 3. The highest BCUT2D eigenvalue weighted by Crippen LogP contribution is 2.27. The van der Waals surface area contributed by atoms with Crippen LogP contribution in [0.1, 0.15) is 16.1 Å². The summed E-state index contributed by atoms with van der Waals surface area (Å²) in [6, 6.07) is 4.69. The van der Waals surface area contributed by atoms with Gasteiger partial charge < -0.3 is 16.0 Å². The Morgan fingerprint density at radius 2 is 1.59 bits per heavy atom. The molecule has 8 nitrogen and oxygen atoms in total. The third kappa shape index (κ3) is 6.06. The average Bonchev–Trinajstić information content (AvgIpc) is 2.65. The molecule has 2 aromatic heterocycles. The van der Waals surface area contributed by atoms with E-state index in [0.29, 0.717) is 11.6 Å². The Morgan fingerprint density at radius 1 is 0.926 bits per heavy atom. The van der Waals surface area contributed by atoms with Crippen molar-refractivity contribution in [2.24, 2.45) is 0 Å². The van der Waals surface area contributed by atoms with Gasteiger partial charge in [-0.2, -0.15) is 13.2 Å². The van der Waals surface area contributed by atoms with Crippen LogP contribution >= 0.6 is 0 Å². The first kappa shape index (κ1) is 19.8. The highest BCUT2D eigenvalue weighted by atomic mass is 19.4. The molecule has 0 fully saturated rings. The summed E-state index contributed by atoms with van der Waals surface area (Å²) in [6.45, 7) is 0.0519. The van der Waals surface area contributed by atoms with Crippen molar-refractivity contribution in [1.82, 2.24) is 20.6 Å². The zero-order valence-electron chi connectivity index (χ0n) is 13.7. The molecule has 0 atom stereocenters. The Hall–Kier alpha value is -3.50. The third-order valence-electron chi connectivity index (χ3n) is 3.16. The topological polar surface area (TPSA) is 113 Å². The largest absolute Gasteiger partial charge is 0.433 e. The second-order valence-corrected chi connectivity index (χ2v) is 5.13. The van der Waals surface area contributed by atoms with Crippen LogP contribution < -0.4 is 16.0 Å². The SMILES string of the molecule is O=C(NCCNC(=O)c1ccncc1)C(=O)Nc1ccc(C(F)(F)F)nc1. The van der Waals surface area contributed by atoms with Gasteiger partial charge in [0.05, 0.1) is 11.9 Å². The van der Waals surface area contributed by atoms with Crippen LogP contribution in [0.25, 0.3) is 0 Å². The molecule has 142 valence electrons. The van der Waals surface area contributed by atoms with E-state index in [-0.39, 0.29) is 24.7 Å². The van der Waals surface area contributed by atoms with E-state index < -0.39 is 23.7 Å². The second-order valence-electron chi connectivity index (χ2n) is 5.13. The fourth-order valence-electron chi connectivity index (χ4n) is 1.86. The summed E-state index contributed by atoms with van der Waals surface area (Å²) in [7, 11) is 0. The molecule has 0 aliphatic carbocycles. The van der Waals surface area contributed by atoms with Gasteiger partial charge in [0, 0.05) is 31.0 Å². The Labute approximate surface area is 151 Å². The van der Waals surface area contributed by atoms with Gasteiger partial charge in [-0.05, 0) is 24.3 Å². The maximum atomic E-state index is 12.4. The van der Waals surface area contributed by atoms with Crippen LogP contribution in [-0.2, 0) is 15.8 Å². The number of hydrogen-bond donors (Lipinski definition) is 3. The first-order chi connectivity index (χ1) is 12.8. The average molecular weight is 381 g/mol. The third-order valence-corrected chi connectivity index (χ3v) is 3.16. The smallest absolute Gasteiger partial charge is 0.350 e. The lowest BCUT2D eigenvalue weighted by Crippen LogP contribution is -2.40. The van der Waals surface area contributed by atoms with Crippen LogP contribution in [0.4, 0.5) is 18.9 Å². The van der Waals surface area contributed by atoms with Crippen LogP contribution in [0.15, 0.2) is 42.9 Å². The van der Waals surface area contributed by atoms with Crippen molar-refractivity contribution in [2.75, 3.05) is 18.4 Å². The summed E-state index contributed by atoms with van der Waals surface area (Å²) in [5.74, 6) is -2.45. The van der Waals surface area contributed by atoms with Gasteiger partial charge in [0.2, 0.25) is 0 Å². The van der Waals surface area contributed by atoms with Crippen molar-refractivity contribution in [3.05, 3.63) is 54.1 Å². The van der Waals surface area contributed by atoms with E-state index in [1.165, 1.54) is 24.5 Å². The number of pyridine rings is 2. The fraction of sp³-hybridized carbons (Fsp3) is 0.188. The molecule has 2 rings (SSSR count). The minimum absolute atomic E-state index is 0.0195. The quantitative estimate of drug-likeness (QED) is 0.528. The van der Waals surface area contributed by atoms with Crippen LogP contribution in [0.3, 0.4) is 0 Å².